The van der Waals surface area contributed by atoms with E-state index in [0.29, 0.717) is 25.9 Å². The molecule has 2 N–H and O–H groups in total. The number of likely N-dealkylation sites (tertiary alicyclic amines) is 1. The Morgan fingerprint density at radius 2 is 2.17 bits per heavy atom. The molecule has 0 aromatic rings. The van der Waals surface area contributed by atoms with Crippen LogP contribution in [-0.2, 0) is 9.59 Å². The summed E-state index contributed by atoms with van der Waals surface area (Å²) in [5.41, 5.74) is -0.740. The highest BCUT2D eigenvalue weighted by Gasteiger charge is 2.43. The number of carboxylic acid groups (broad SMARTS) is 1. The Bertz CT molecular complexity index is 315. The summed E-state index contributed by atoms with van der Waals surface area (Å²) < 4.78 is 0. The highest BCUT2D eigenvalue weighted by molar-refractivity contribution is 5.83. The standard InChI is InChI=1S/C13H24N2O3/c1-4-6-13(12(17)18)7-5-8-15(9-13)11(16)10(2)14-3/h10,14H,4-9H2,1-3H3,(H,17,18). The zero-order chi connectivity index (χ0) is 13.8. The number of aliphatic carboxylic acids is 1. The molecule has 0 aliphatic carbocycles. The molecule has 104 valence electrons. The van der Waals surface area contributed by atoms with E-state index in [1.165, 1.54) is 0 Å². The minimum atomic E-state index is -0.765. The molecule has 0 aromatic heterocycles. The monoisotopic (exact) mass is 256 g/mol. The van der Waals surface area contributed by atoms with Crippen molar-refractivity contribution in [1.29, 1.82) is 0 Å². The summed E-state index contributed by atoms with van der Waals surface area (Å²) in [4.78, 5) is 25.3. The minimum Gasteiger partial charge on any atom is -0.481 e. The van der Waals surface area contributed by atoms with Gasteiger partial charge in [0.1, 0.15) is 0 Å². The fourth-order valence-electron chi connectivity index (χ4n) is 2.68. The van der Waals surface area contributed by atoms with E-state index in [1.54, 1.807) is 18.9 Å². The van der Waals surface area contributed by atoms with Crippen molar-refractivity contribution in [2.45, 2.75) is 45.6 Å². The lowest BCUT2D eigenvalue weighted by Gasteiger charge is -2.40. The topological polar surface area (TPSA) is 69.6 Å². The van der Waals surface area contributed by atoms with E-state index < -0.39 is 11.4 Å². The summed E-state index contributed by atoms with van der Waals surface area (Å²) in [7, 11) is 1.74. The van der Waals surface area contributed by atoms with Crippen LogP contribution >= 0.6 is 0 Å². The van der Waals surface area contributed by atoms with Crippen molar-refractivity contribution in [2.24, 2.45) is 5.41 Å². The van der Waals surface area contributed by atoms with E-state index in [4.69, 9.17) is 0 Å². The third-order valence-corrected chi connectivity index (χ3v) is 3.87. The summed E-state index contributed by atoms with van der Waals surface area (Å²) in [6, 6.07) is -0.253. The van der Waals surface area contributed by atoms with Crippen molar-refractivity contribution in [3.8, 4) is 0 Å². The number of nitrogens with one attached hydrogen (secondary N) is 1. The van der Waals surface area contributed by atoms with Crippen LogP contribution in [0.3, 0.4) is 0 Å². The number of carboxylic acids is 1. The molecule has 0 saturated carbocycles. The maximum absolute atomic E-state index is 12.1. The molecule has 1 fully saturated rings. The number of hydrogen-bond acceptors (Lipinski definition) is 3. The second-order valence-corrected chi connectivity index (χ2v) is 5.21. The molecule has 0 radical (unpaired) electrons. The molecule has 1 aliphatic rings. The molecular weight excluding hydrogens is 232 g/mol. The fourth-order valence-corrected chi connectivity index (χ4v) is 2.68. The van der Waals surface area contributed by atoms with E-state index >= 15 is 0 Å². The van der Waals surface area contributed by atoms with Gasteiger partial charge >= 0.3 is 5.97 Å². The number of carbonyl (C=O) groups excluding carboxylic acids is 1. The van der Waals surface area contributed by atoms with Gasteiger partial charge in [-0.25, -0.2) is 0 Å². The largest absolute Gasteiger partial charge is 0.481 e. The van der Waals surface area contributed by atoms with Crippen LogP contribution < -0.4 is 5.32 Å². The van der Waals surface area contributed by atoms with Gasteiger partial charge in [-0.05, 0) is 33.2 Å². The van der Waals surface area contributed by atoms with E-state index in [9.17, 15) is 14.7 Å². The summed E-state index contributed by atoms with van der Waals surface area (Å²) in [5, 5.41) is 12.4. The molecular formula is C13H24N2O3. The molecule has 1 saturated heterocycles. The van der Waals surface area contributed by atoms with Crippen molar-refractivity contribution in [2.75, 3.05) is 20.1 Å². The molecule has 1 heterocycles. The molecule has 2 atom stereocenters. The Morgan fingerprint density at radius 3 is 2.67 bits per heavy atom. The van der Waals surface area contributed by atoms with Gasteiger partial charge in [-0.15, -0.1) is 0 Å². The highest BCUT2D eigenvalue weighted by atomic mass is 16.4. The van der Waals surface area contributed by atoms with Gasteiger partial charge in [-0.2, -0.15) is 0 Å². The number of carbonyl (C=O) groups is 2. The average molecular weight is 256 g/mol. The molecule has 0 bridgehead atoms. The van der Waals surface area contributed by atoms with E-state index in [-0.39, 0.29) is 11.9 Å². The Hall–Kier alpha value is -1.10. The Morgan fingerprint density at radius 1 is 1.50 bits per heavy atom. The zero-order valence-electron chi connectivity index (χ0n) is 11.5. The number of piperidine rings is 1. The van der Waals surface area contributed by atoms with Gasteiger partial charge in [0.05, 0.1) is 11.5 Å². The van der Waals surface area contributed by atoms with Gasteiger partial charge in [0, 0.05) is 13.1 Å². The van der Waals surface area contributed by atoms with E-state index in [2.05, 4.69) is 5.32 Å². The second kappa shape index (κ2) is 6.18. The lowest BCUT2D eigenvalue weighted by molar-refractivity contribution is -0.156. The smallest absolute Gasteiger partial charge is 0.311 e. The van der Waals surface area contributed by atoms with Crippen LogP contribution in [0, 0.1) is 5.41 Å². The van der Waals surface area contributed by atoms with E-state index in [0.717, 1.165) is 12.8 Å². The van der Waals surface area contributed by atoms with Crippen LogP contribution in [0.2, 0.25) is 0 Å². The van der Waals surface area contributed by atoms with Crippen molar-refractivity contribution in [3.05, 3.63) is 0 Å². The summed E-state index contributed by atoms with van der Waals surface area (Å²) in [6.07, 6.45) is 2.92. The number of hydrogen-bond donors (Lipinski definition) is 2. The molecule has 5 heteroatoms. The Kier molecular flexibility index (Phi) is 5.14. The molecule has 1 amide bonds. The molecule has 0 aromatic carbocycles. The van der Waals surface area contributed by atoms with Gasteiger partial charge in [-0.1, -0.05) is 13.3 Å². The first-order chi connectivity index (χ1) is 8.46. The maximum Gasteiger partial charge on any atom is 0.311 e. The van der Waals surface area contributed by atoms with Crippen LogP contribution in [0.15, 0.2) is 0 Å². The van der Waals surface area contributed by atoms with Crippen LogP contribution in [0.4, 0.5) is 0 Å². The van der Waals surface area contributed by atoms with Crippen molar-refractivity contribution >= 4 is 11.9 Å². The maximum atomic E-state index is 12.1. The van der Waals surface area contributed by atoms with Crippen LogP contribution in [0.5, 0.6) is 0 Å². The van der Waals surface area contributed by atoms with Crippen LogP contribution in [-0.4, -0.2) is 48.1 Å². The number of likely N-dealkylation sites (N-methyl/N-ethyl adjacent to an activating group) is 1. The van der Waals surface area contributed by atoms with Crippen molar-refractivity contribution < 1.29 is 14.7 Å². The first kappa shape index (κ1) is 15.0. The number of nitrogens with zero attached hydrogens (tertiary/aromatic N) is 1. The van der Waals surface area contributed by atoms with Crippen LogP contribution in [0.1, 0.15) is 39.5 Å². The average Bonchev–Trinajstić information content (AvgIpc) is 2.37. The molecule has 1 aliphatic heterocycles. The van der Waals surface area contributed by atoms with E-state index in [1.807, 2.05) is 6.92 Å². The van der Waals surface area contributed by atoms with Gasteiger partial charge in [0.2, 0.25) is 5.91 Å². The van der Waals surface area contributed by atoms with Crippen LogP contribution in [0.25, 0.3) is 0 Å². The fraction of sp³-hybridized carbons (Fsp3) is 0.846. The third kappa shape index (κ3) is 3.02. The number of rotatable bonds is 5. The summed E-state index contributed by atoms with van der Waals surface area (Å²) in [5.74, 6) is -0.766. The first-order valence-corrected chi connectivity index (χ1v) is 6.66. The molecule has 1 rings (SSSR count). The number of amides is 1. The predicted molar refractivity (Wildman–Crippen MR) is 69.3 cm³/mol. The van der Waals surface area contributed by atoms with Crippen molar-refractivity contribution in [3.63, 3.8) is 0 Å². The Balaban J connectivity index is 2.81. The highest BCUT2D eigenvalue weighted by Crippen LogP contribution is 2.35. The van der Waals surface area contributed by atoms with Gasteiger partial charge in [0.25, 0.3) is 0 Å². The minimum absolute atomic E-state index is 0.000993. The molecule has 2 unspecified atom stereocenters. The molecule has 0 spiro atoms. The summed E-state index contributed by atoms with van der Waals surface area (Å²) in [6.45, 7) is 4.81. The van der Waals surface area contributed by atoms with Gasteiger partial charge < -0.3 is 15.3 Å². The normalized spacial score (nSPS) is 25.8. The lowest BCUT2D eigenvalue weighted by Crippen LogP contribution is -2.53. The lowest BCUT2D eigenvalue weighted by atomic mass is 9.76. The predicted octanol–water partition coefficient (Wildman–Crippen LogP) is 1.09. The zero-order valence-corrected chi connectivity index (χ0v) is 11.5. The third-order valence-electron chi connectivity index (χ3n) is 3.87. The quantitative estimate of drug-likeness (QED) is 0.772. The Labute approximate surface area is 109 Å². The SMILES string of the molecule is CCCC1(C(=O)O)CCCN(C(=O)C(C)NC)C1. The van der Waals surface area contributed by atoms with Gasteiger partial charge in [-0.3, -0.25) is 9.59 Å². The summed E-state index contributed by atoms with van der Waals surface area (Å²) >= 11 is 0. The molecule has 5 nitrogen and oxygen atoms in total. The van der Waals surface area contributed by atoms with Gasteiger partial charge in [0.15, 0.2) is 0 Å². The van der Waals surface area contributed by atoms with Crippen molar-refractivity contribution in [1.82, 2.24) is 10.2 Å². The first-order valence-electron chi connectivity index (χ1n) is 6.66. The second-order valence-electron chi connectivity index (χ2n) is 5.21. The molecule has 18 heavy (non-hydrogen) atoms.